The summed E-state index contributed by atoms with van der Waals surface area (Å²) in [4.78, 5) is 10.8. The second kappa shape index (κ2) is 7.46. The number of benzene rings is 1. The van der Waals surface area contributed by atoms with Crippen LogP contribution < -0.4 is 0 Å². The lowest BCUT2D eigenvalue weighted by Gasteiger charge is -2.35. The first kappa shape index (κ1) is 20.2. The first-order chi connectivity index (χ1) is 14.8. The number of aliphatic hydroxyl groups is 1. The number of hydrogen-bond acceptors (Lipinski definition) is 4. The van der Waals surface area contributed by atoms with Crippen molar-refractivity contribution in [3.05, 3.63) is 48.0 Å². The van der Waals surface area contributed by atoms with E-state index in [1.807, 2.05) is 38.0 Å². The number of nitrogens with one attached hydrogen (secondary N) is 1. The van der Waals surface area contributed by atoms with Crippen LogP contribution in [0.3, 0.4) is 0 Å². The zero-order valence-corrected chi connectivity index (χ0v) is 18.8. The number of piperidine rings is 1. The van der Waals surface area contributed by atoms with E-state index < -0.39 is 5.60 Å². The Balaban J connectivity index is 1.50. The lowest BCUT2D eigenvalue weighted by Crippen LogP contribution is -2.42. The second-order valence-electron chi connectivity index (χ2n) is 9.71. The van der Waals surface area contributed by atoms with Crippen molar-refractivity contribution < 1.29 is 5.11 Å². The molecule has 162 valence electrons. The number of pyridine rings is 1. The van der Waals surface area contributed by atoms with Gasteiger partial charge in [-0.3, -0.25) is 4.68 Å². The fourth-order valence-electron chi connectivity index (χ4n) is 5.13. The predicted molar refractivity (Wildman–Crippen MR) is 125 cm³/mol. The maximum atomic E-state index is 10.1. The number of nitrogens with zero attached hydrogens (tertiary/aromatic N) is 4. The van der Waals surface area contributed by atoms with Crippen LogP contribution in [0.25, 0.3) is 32.9 Å². The van der Waals surface area contributed by atoms with Crippen molar-refractivity contribution in [2.45, 2.75) is 45.1 Å². The molecule has 31 heavy (non-hydrogen) atoms. The molecular formula is C25H31N5O. The van der Waals surface area contributed by atoms with E-state index in [9.17, 15) is 5.11 Å². The average Bonchev–Trinajstić information content (AvgIpc) is 3.31. The molecule has 0 amide bonds. The Morgan fingerprint density at radius 3 is 2.61 bits per heavy atom. The molecule has 3 aromatic heterocycles. The van der Waals surface area contributed by atoms with Crippen molar-refractivity contribution in [2.24, 2.45) is 7.05 Å². The van der Waals surface area contributed by atoms with Crippen LogP contribution in [0.5, 0.6) is 0 Å². The highest BCUT2D eigenvalue weighted by atomic mass is 16.3. The third-order valence-corrected chi connectivity index (χ3v) is 6.57. The first-order valence-corrected chi connectivity index (χ1v) is 11.1. The minimum absolute atomic E-state index is 0.504. The summed E-state index contributed by atoms with van der Waals surface area (Å²) in [5, 5.41) is 18.1. The highest BCUT2D eigenvalue weighted by Crippen LogP contribution is 2.37. The molecule has 6 nitrogen and oxygen atoms in total. The monoisotopic (exact) mass is 417 g/mol. The quantitative estimate of drug-likeness (QED) is 0.517. The summed E-state index contributed by atoms with van der Waals surface area (Å²) in [6.45, 7) is 8.77. The molecule has 0 radical (unpaired) electrons. The Labute approximate surface area is 182 Å². The molecule has 6 heteroatoms. The molecule has 1 saturated heterocycles. The van der Waals surface area contributed by atoms with Gasteiger partial charge in [0.1, 0.15) is 5.65 Å². The molecule has 0 bridgehead atoms. The minimum Gasteiger partial charge on any atom is -0.389 e. The normalized spacial score (nSPS) is 16.5. The Bertz CT molecular complexity index is 1240. The largest absolute Gasteiger partial charge is 0.389 e. The van der Waals surface area contributed by atoms with E-state index in [1.165, 1.54) is 27.6 Å². The van der Waals surface area contributed by atoms with E-state index in [0.717, 1.165) is 49.1 Å². The first-order valence-electron chi connectivity index (χ1n) is 11.1. The maximum absolute atomic E-state index is 10.1. The molecule has 1 fully saturated rings. The Morgan fingerprint density at radius 2 is 1.94 bits per heavy atom. The fraction of sp³-hybridized carbons (Fsp3) is 0.440. The molecule has 0 spiro atoms. The average molecular weight is 418 g/mol. The maximum Gasteiger partial charge on any atom is 0.138 e. The van der Waals surface area contributed by atoms with Crippen LogP contribution in [0.15, 0.2) is 36.8 Å². The number of aryl methyl sites for hydroxylation is 2. The van der Waals surface area contributed by atoms with Crippen LogP contribution >= 0.6 is 0 Å². The summed E-state index contributed by atoms with van der Waals surface area (Å²) < 4.78 is 1.84. The summed E-state index contributed by atoms with van der Waals surface area (Å²) in [6, 6.07) is 6.58. The SMILES string of the molecule is Cc1c(C2CCN(CC(C)(C)O)CC2)[nH]c2ncc3ccc(-c4cnn(C)c4)cc3c12. The Morgan fingerprint density at radius 1 is 1.16 bits per heavy atom. The molecule has 0 aliphatic carbocycles. The number of hydrogen-bond donors (Lipinski definition) is 2. The van der Waals surface area contributed by atoms with Crippen LogP contribution in [0.2, 0.25) is 0 Å². The van der Waals surface area contributed by atoms with Gasteiger partial charge in [0.05, 0.1) is 11.8 Å². The van der Waals surface area contributed by atoms with E-state index in [0.29, 0.717) is 5.92 Å². The summed E-state index contributed by atoms with van der Waals surface area (Å²) in [7, 11) is 1.95. The van der Waals surface area contributed by atoms with Crippen LogP contribution in [-0.4, -0.2) is 55.0 Å². The van der Waals surface area contributed by atoms with Gasteiger partial charge >= 0.3 is 0 Å². The van der Waals surface area contributed by atoms with Crippen molar-refractivity contribution in [3.63, 3.8) is 0 Å². The minimum atomic E-state index is -0.640. The molecule has 0 saturated carbocycles. The Hall–Kier alpha value is -2.70. The molecule has 4 heterocycles. The van der Waals surface area contributed by atoms with Crippen LogP contribution in [-0.2, 0) is 7.05 Å². The van der Waals surface area contributed by atoms with Gasteiger partial charge in [0, 0.05) is 53.9 Å². The summed E-state index contributed by atoms with van der Waals surface area (Å²) in [5.41, 5.74) is 5.28. The topological polar surface area (TPSA) is 70.0 Å². The molecular weight excluding hydrogens is 386 g/mol. The zero-order chi connectivity index (χ0) is 21.8. The molecule has 1 aliphatic heterocycles. The molecule has 5 rings (SSSR count). The summed E-state index contributed by atoms with van der Waals surface area (Å²) in [5.74, 6) is 0.504. The summed E-state index contributed by atoms with van der Waals surface area (Å²) in [6.07, 6.45) is 8.13. The lowest BCUT2D eigenvalue weighted by atomic mass is 9.90. The highest BCUT2D eigenvalue weighted by Gasteiger charge is 2.27. The standard InChI is InChI=1S/C25H31N5O/c1-16-22-21-11-18(20-13-27-29(4)14-20)5-6-19(21)12-26-24(22)28-23(16)17-7-9-30(10-8-17)15-25(2,3)31/h5-6,11-14,17,31H,7-10,15H2,1-4H3,(H,26,28). The van der Waals surface area contributed by atoms with Gasteiger partial charge in [0.15, 0.2) is 0 Å². The van der Waals surface area contributed by atoms with Gasteiger partial charge in [0.25, 0.3) is 0 Å². The van der Waals surface area contributed by atoms with Gasteiger partial charge in [-0.05, 0) is 69.3 Å². The van der Waals surface area contributed by atoms with E-state index in [1.54, 1.807) is 0 Å². The zero-order valence-electron chi connectivity index (χ0n) is 18.8. The van der Waals surface area contributed by atoms with E-state index in [-0.39, 0.29) is 0 Å². The molecule has 2 N–H and O–H groups in total. The number of likely N-dealkylation sites (tertiary alicyclic amines) is 1. The van der Waals surface area contributed by atoms with Crippen LogP contribution in [0.1, 0.15) is 43.9 Å². The van der Waals surface area contributed by atoms with E-state index >= 15 is 0 Å². The predicted octanol–water partition coefficient (Wildman–Crippen LogP) is 4.38. The van der Waals surface area contributed by atoms with Crippen LogP contribution in [0, 0.1) is 6.92 Å². The smallest absolute Gasteiger partial charge is 0.138 e. The van der Waals surface area contributed by atoms with Crippen molar-refractivity contribution in [3.8, 4) is 11.1 Å². The molecule has 1 aromatic carbocycles. The number of β-amino-alcohol motifs (C(OH)–C–C–N with tert-alkyl or cyclic N) is 1. The van der Waals surface area contributed by atoms with Gasteiger partial charge in [-0.2, -0.15) is 5.10 Å². The van der Waals surface area contributed by atoms with Crippen LogP contribution in [0.4, 0.5) is 0 Å². The van der Waals surface area contributed by atoms with Gasteiger partial charge in [-0.25, -0.2) is 4.98 Å². The lowest BCUT2D eigenvalue weighted by molar-refractivity contribution is 0.0280. The molecule has 0 atom stereocenters. The van der Waals surface area contributed by atoms with Gasteiger partial charge < -0.3 is 15.0 Å². The number of H-pyrrole nitrogens is 1. The van der Waals surface area contributed by atoms with E-state index in [4.69, 9.17) is 4.98 Å². The van der Waals surface area contributed by atoms with Gasteiger partial charge in [-0.1, -0.05) is 12.1 Å². The number of rotatable bonds is 4. The molecule has 1 aliphatic rings. The molecule has 4 aromatic rings. The van der Waals surface area contributed by atoms with Gasteiger partial charge in [0.2, 0.25) is 0 Å². The second-order valence-corrected chi connectivity index (χ2v) is 9.71. The third kappa shape index (κ3) is 3.86. The highest BCUT2D eigenvalue weighted by molar-refractivity contribution is 6.08. The number of aromatic nitrogens is 4. The fourth-order valence-corrected chi connectivity index (χ4v) is 5.13. The van der Waals surface area contributed by atoms with Crippen molar-refractivity contribution in [1.29, 1.82) is 0 Å². The van der Waals surface area contributed by atoms with E-state index in [2.05, 4.69) is 46.3 Å². The Kier molecular flexibility index (Phi) is 4.87. The third-order valence-electron chi connectivity index (χ3n) is 6.57. The van der Waals surface area contributed by atoms with Crippen molar-refractivity contribution in [1.82, 2.24) is 24.6 Å². The van der Waals surface area contributed by atoms with Crippen molar-refractivity contribution in [2.75, 3.05) is 19.6 Å². The number of aromatic amines is 1. The summed E-state index contributed by atoms with van der Waals surface area (Å²) >= 11 is 0. The molecule has 0 unspecified atom stereocenters. The van der Waals surface area contributed by atoms with Gasteiger partial charge in [-0.15, -0.1) is 0 Å². The number of fused-ring (bicyclic) bond motifs is 3. The van der Waals surface area contributed by atoms with Crippen molar-refractivity contribution >= 4 is 21.8 Å².